The standard InChI is InChI=1S/C44H49ClN8O6/c45-37-20-34(9-3-28(37)21-46)59-33-10-4-30(5-11-33)48-40(55)29-22-47-52(24-29)31-6-1-27(2-7-31)23-50-17-15-44(16-18-50)25-51(26-44)32-8-12-35-36(19-32)43(58)53(42(35)57)38-13-14-39(54)49-41(38)56/h3,8-9,12,19-20,22,24,27,30-31,33,38H,1-2,4-7,10-11,13-18,23,25-26H2,(H,48,55)(H,49,54,56). The highest BCUT2D eigenvalue weighted by molar-refractivity contribution is 6.31. The van der Waals surface area contributed by atoms with Crippen molar-refractivity contribution in [1.29, 1.82) is 5.26 Å². The molecule has 2 N–H and O–H groups in total. The second-order valence-corrected chi connectivity index (χ2v) is 17.9. The van der Waals surface area contributed by atoms with Crippen LogP contribution in [0, 0.1) is 22.7 Å². The molecule has 1 unspecified atom stereocenters. The molecular weight excluding hydrogens is 772 g/mol. The van der Waals surface area contributed by atoms with Gasteiger partial charge in [0, 0.05) is 55.5 Å². The van der Waals surface area contributed by atoms with Gasteiger partial charge in [0.15, 0.2) is 0 Å². The molecule has 15 heteroatoms. The smallest absolute Gasteiger partial charge is 0.262 e. The number of likely N-dealkylation sites (tertiary alicyclic amines) is 1. The van der Waals surface area contributed by atoms with Crippen molar-refractivity contribution in [2.75, 3.05) is 37.6 Å². The molecule has 3 saturated heterocycles. The van der Waals surface area contributed by atoms with Gasteiger partial charge in [-0.05, 0) is 120 Å². The van der Waals surface area contributed by atoms with Gasteiger partial charge in [-0.2, -0.15) is 10.4 Å². The van der Waals surface area contributed by atoms with Crippen molar-refractivity contribution in [1.82, 2.24) is 30.2 Å². The molecule has 1 atom stereocenters. The van der Waals surface area contributed by atoms with E-state index >= 15 is 0 Å². The average molecular weight is 821 g/mol. The maximum absolute atomic E-state index is 13.3. The number of carbonyl (C=O) groups excluding carboxylic acids is 5. The van der Waals surface area contributed by atoms with Gasteiger partial charge in [0.05, 0.1) is 45.6 Å². The normalized spacial score (nSPS) is 26.9. The summed E-state index contributed by atoms with van der Waals surface area (Å²) in [7, 11) is 0. The zero-order valence-corrected chi connectivity index (χ0v) is 33.8. The molecule has 5 amide bonds. The zero-order chi connectivity index (χ0) is 40.8. The topological polar surface area (TPSA) is 170 Å². The fraction of sp³-hybridized carbons (Fsp3) is 0.523. The van der Waals surface area contributed by atoms with E-state index in [4.69, 9.17) is 21.6 Å². The Bertz CT molecular complexity index is 2200. The summed E-state index contributed by atoms with van der Waals surface area (Å²) in [5.41, 5.74) is 2.84. The van der Waals surface area contributed by atoms with Crippen molar-refractivity contribution in [2.24, 2.45) is 11.3 Å². The van der Waals surface area contributed by atoms with E-state index in [1.165, 1.54) is 0 Å². The lowest BCUT2D eigenvalue weighted by molar-refractivity contribution is -0.136. The molecular formula is C44H49ClN8O6. The first-order chi connectivity index (χ1) is 28.5. The second kappa shape index (κ2) is 16.1. The number of nitrogens with zero attached hydrogens (tertiary/aromatic N) is 6. The van der Waals surface area contributed by atoms with E-state index in [-0.39, 0.29) is 42.2 Å². The number of carbonyl (C=O) groups is 5. The summed E-state index contributed by atoms with van der Waals surface area (Å²) in [5.74, 6) is -0.706. The highest BCUT2D eigenvalue weighted by atomic mass is 35.5. The van der Waals surface area contributed by atoms with Gasteiger partial charge >= 0.3 is 0 Å². The zero-order valence-electron chi connectivity index (χ0n) is 33.0. The van der Waals surface area contributed by atoms with Crippen LogP contribution < -0.4 is 20.3 Å². The average Bonchev–Trinajstić information content (AvgIpc) is 3.81. The molecule has 1 aromatic heterocycles. The number of ether oxygens (including phenoxy) is 1. The molecule has 6 aliphatic rings. The number of piperidine rings is 2. The van der Waals surface area contributed by atoms with E-state index < -0.39 is 23.8 Å². The van der Waals surface area contributed by atoms with Gasteiger partial charge in [0.2, 0.25) is 11.8 Å². The molecule has 59 heavy (non-hydrogen) atoms. The van der Waals surface area contributed by atoms with Gasteiger partial charge in [-0.1, -0.05) is 11.6 Å². The number of imide groups is 2. The van der Waals surface area contributed by atoms with Crippen molar-refractivity contribution in [3.63, 3.8) is 0 Å². The highest BCUT2D eigenvalue weighted by Crippen LogP contribution is 2.44. The van der Waals surface area contributed by atoms with Gasteiger partial charge in [0.1, 0.15) is 17.9 Å². The third-order valence-electron chi connectivity index (χ3n) is 13.7. The number of hydrogen-bond donors (Lipinski definition) is 2. The Morgan fingerprint density at radius 3 is 2.39 bits per heavy atom. The lowest BCUT2D eigenvalue weighted by Crippen LogP contribution is -2.60. The van der Waals surface area contributed by atoms with Crippen molar-refractivity contribution in [2.45, 2.75) is 101 Å². The number of aromatic nitrogens is 2. The van der Waals surface area contributed by atoms with E-state index in [9.17, 15) is 24.0 Å². The van der Waals surface area contributed by atoms with E-state index in [1.54, 1.807) is 36.5 Å². The SMILES string of the molecule is N#Cc1ccc(OC2CCC(NC(=O)c3cnn(C4CCC(CN5CCC6(CC5)CN(c5ccc7c(c5)C(=O)N(C5CCC(=O)NC5=O)C7=O)C6)CC4)c3)CC2)cc1Cl. The molecule has 4 aliphatic heterocycles. The molecule has 1 spiro atoms. The van der Waals surface area contributed by atoms with Crippen LogP contribution >= 0.6 is 11.6 Å². The molecule has 9 rings (SSSR count). The van der Waals surface area contributed by atoms with E-state index in [1.807, 2.05) is 16.9 Å². The quantitative estimate of drug-likeness (QED) is 0.272. The third-order valence-corrected chi connectivity index (χ3v) is 14.0. The van der Waals surface area contributed by atoms with Crippen molar-refractivity contribution in [3.05, 3.63) is 76.1 Å². The first kappa shape index (κ1) is 39.2. The Morgan fingerprint density at radius 1 is 0.932 bits per heavy atom. The predicted octanol–water partition coefficient (Wildman–Crippen LogP) is 5.26. The van der Waals surface area contributed by atoms with Crippen LogP contribution in [0.25, 0.3) is 0 Å². The molecule has 5 heterocycles. The molecule has 0 bridgehead atoms. The summed E-state index contributed by atoms with van der Waals surface area (Å²) < 4.78 is 8.10. The molecule has 308 valence electrons. The molecule has 14 nitrogen and oxygen atoms in total. The minimum Gasteiger partial charge on any atom is -0.490 e. The Kier molecular flexibility index (Phi) is 10.7. The number of nitriles is 1. The van der Waals surface area contributed by atoms with Crippen LogP contribution in [0.1, 0.15) is 120 Å². The van der Waals surface area contributed by atoms with Crippen LogP contribution in [0.2, 0.25) is 5.02 Å². The van der Waals surface area contributed by atoms with Crippen LogP contribution in [0.3, 0.4) is 0 Å². The van der Waals surface area contributed by atoms with Crippen LogP contribution in [0.5, 0.6) is 5.75 Å². The number of nitrogens with one attached hydrogen (secondary N) is 2. The maximum Gasteiger partial charge on any atom is 0.262 e. The predicted molar refractivity (Wildman–Crippen MR) is 217 cm³/mol. The van der Waals surface area contributed by atoms with E-state index in [0.29, 0.717) is 45.0 Å². The highest BCUT2D eigenvalue weighted by Gasteiger charge is 2.47. The number of anilines is 1. The number of fused-ring (bicyclic) bond motifs is 1. The first-order valence-corrected chi connectivity index (χ1v) is 21.5. The number of amides is 5. The van der Waals surface area contributed by atoms with Gasteiger partial charge in [-0.25, -0.2) is 0 Å². The van der Waals surface area contributed by atoms with Gasteiger partial charge in [-0.15, -0.1) is 0 Å². The Hall–Kier alpha value is -5.26. The molecule has 3 aromatic rings. The second-order valence-electron chi connectivity index (χ2n) is 17.5. The monoisotopic (exact) mass is 820 g/mol. The van der Waals surface area contributed by atoms with Crippen molar-refractivity contribution < 1.29 is 28.7 Å². The molecule has 2 saturated carbocycles. The fourth-order valence-corrected chi connectivity index (χ4v) is 10.4. The fourth-order valence-electron chi connectivity index (χ4n) is 10.2. The maximum atomic E-state index is 13.3. The summed E-state index contributed by atoms with van der Waals surface area (Å²) in [5, 5.41) is 19.6. The molecule has 2 aliphatic carbocycles. The number of rotatable bonds is 9. The third kappa shape index (κ3) is 7.94. The minimum atomic E-state index is -0.963. The van der Waals surface area contributed by atoms with Crippen LogP contribution in [-0.4, -0.2) is 100 Å². The molecule has 2 aromatic carbocycles. The summed E-state index contributed by atoms with van der Waals surface area (Å²) in [4.78, 5) is 69.6. The summed E-state index contributed by atoms with van der Waals surface area (Å²) in [6, 6.07) is 12.0. The van der Waals surface area contributed by atoms with Crippen molar-refractivity contribution in [3.8, 4) is 11.8 Å². The molecule has 0 radical (unpaired) electrons. The van der Waals surface area contributed by atoms with Gasteiger partial charge in [-0.3, -0.25) is 38.9 Å². The minimum absolute atomic E-state index is 0.0442. The largest absolute Gasteiger partial charge is 0.490 e. The lowest BCUT2D eigenvalue weighted by Gasteiger charge is -2.55. The van der Waals surface area contributed by atoms with Crippen LogP contribution in [0.15, 0.2) is 48.8 Å². The van der Waals surface area contributed by atoms with E-state index in [0.717, 1.165) is 108 Å². The molecule has 5 fully saturated rings. The Morgan fingerprint density at radius 2 is 1.68 bits per heavy atom. The summed E-state index contributed by atoms with van der Waals surface area (Å²) in [6.07, 6.45) is 13.8. The van der Waals surface area contributed by atoms with Crippen LogP contribution in [-0.2, 0) is 9.59 Å². The van der Waals surface area contributed by atoms with Gasteiger partial charge < -0.3 is 19.9 Å². The van der Waals surface area contributed by atoms with Gasteiger partial charge in [0.25, 0.3) is 17.7 Å². The number of hydrogen-bond acceptors (Lipinski definition) is 10. The summed E-state index contributed by atoms with van der Waals surface area (Å²) >= 11 is 6.16. The van der Waals surface area contributed by atoms with Crippen molar-refractivity contribution >= 4 is 46.8 Å². The van der Waals surface area contributed by atoms with Crippen LogP contribution in [0.4, 0.5) is 5.69 Å². The number of benzene rings is 2. The van der Waals surface area contributed by atoms with E-state index in [2.05, 4.69) is 31.6 Å². The number of halogens is 1. The Labute approximate surface area is 348 Å². The lowest BCUT2D eigenvalue weighted by atomic mass is 9.71. The summed E-state index contributed by atoms with van der Waals surface area (Å²) in [6.45, 7) is 5.09. The Balaban J connectivity index is 0.687. The first-order valence-electron chi connectivity index (χ1n) is 21.1.